The molecule has 3 rings (SSSR count). The summed E-state index contributed by atoms with van der Waals surface area (Å²) >= 11 is 15.3. The van der Waals surface area contributed by atoms with Crippen LogP contribution in [-0.4, -0.2) is 10.9 Å². The largest absolute Gasteiger partial charge is 0.340 e. The van der Waals surface area contributed by atoms with Gasteiger partial charge in [-0.1, -0.05) is 53.5 Å². The lowest BCUT2D eigenvalue weighted by Crippen LogP contribution is -2.29. The first-order valence-corrected chi connectivity index (χ1v) is 9.02. The molecule has 0 aliphatic rings. The smallest absolute Gasteiger partial charge is 0.252 e. The number of carbonyl (C=O) groups excluding carboxylic acids is 1. The maximum atomic E-state index is 12.7. The minimum Gasteiger partial charge on any atom is -0.340 e. The Bertz CT molecular complexity index is 886. The highest BCUT2D eigenvalue weighted by atomic mass is 79.9. The molecule has 0 bridgehead atoms. The minimum absolute atomic E-state index is 0.253. The van der Waals surface area contributed by atoms with Crippen molar-refractivity contribution in [3.8, 4) is 0 Å². The number of benzene rings is 2. The van der Waals surface area contributed by atoms with Gasteiger partial charge >= 0.3 is 0 Å². The van der Waals surface area contributed by atoms with Crippen LogP contribution < -0.4 is 5.32 Å². The summed E-state index contributed by atoms with van der Waals surface area (Å²) in [7, 11) is 0. The molecule has 0 radical (unpaired) electrons. The molecule has 1 aromatic heterocycles. The normalized spacial score (nSPS) is 11.8. The number of amides is 1. The number of nitrogens with one attached hydrogen (secondary N) is 1. The number of nitrogens with zero attached hydrogens (tertiary/aromatic N) is 1. The van der Waals surface area contributed by atoms with E-state index in [0.717, 1.165) is 15.7 Å². The fraction of sp³-hybridized carbons (Fsp3) is 0.0526. The molecule has 0 fully saturated rings. The van der Waals surface area contributed by atoms with E-state index < -0.39 is 0 Å². The number of rotatable bonds is 4. The molecule has 6 heteroatoms. The van der Waals surface area contributed by atoms with E-state index in [2.05, 4.69) is 26.2 Å². The first-order valence-electron chi connectivity index (χ1n) is 7.47. The quantitative estimate of drug-likeness (QED) is 0.573. The lowest BCUT2D eigenvalue weighted by atomic mass is 10.0. The third-order valence-electron chi connectivity index (χ3n) is 3.64. The molecule has 2 aromatic carbocycles. The van der Waals surface area contributed by atoms with Crippen molar-refractivity contribution >= 4 is 45.0 Å². The average molecular weight is 436 g/mol. The average Bonchev–Trinajstić information content (AvgIpc) is 2.63. The second-order valence-electron chi connectivity index (χ2n) is 5.35. The van der Waals surface area contributed by atoms with Crippen molar-refractivity contribution in [2.45, 2.75) is 6.04 Å². The van der Waals surface area contributed by atoms with Gasteiger partial charge in [-0.2, -0.15) is 0 Å². The second kappa shape index (κ2) is 8.00. The summed E-state index contributed by atoms with van der Waals surface area (Å²) in [6.45, 7) is 0. The van der Waals surface area contributed by atoms with Crippen molar-refractivity contribution in [2.75, 3.05) is 0 Å². The zero-order chi connectivity index (χ0) is 17.8. The molecule has 25 heavy (non-hydrogen) atoms. The highest BCUT2D eigenvalue weighted by molar-refractivity contribution is 9.10. The van der Waals surface area contributed by atoms with Crippen LogP contribution in [-0.2, 0) is 0 Å². The third kappa shape index (κ3) is 4.40. The summed E-state index contributed by atoms with van der Waals surface area (Å²) in [5.41, 5.74) is 2.11. The van der Waals surface area contributed by atoms with E-state index in [1.807, 2.05) is 42.5 Å². The van der Waals surface area contributed by atoms with Crippen molar-refractivity contribution < 1.29 is 4.79 Å². The van der Waals surface area contributed by atoms with Crippen LogP contribution in [0.5, 0.6) is 0 Å². The van der Waals surface area contributed by atoms with Gasteiger partial charge in [-0.05, 0) is 51.8 Å². The second-order valence-corrected chi connectivity index (χ2v) is 7.08. The molecule has 1 atom stereocenters. The van der Waals surface area contributed by atoms with Gasteiger partial charge in [-0.15, -0.1) is 0 Å². The zero-order valence-electron chi connectivity index (χ0n) is 12.9. The molecule has 3 nitrogen and oxygen atoms in total. The Kier molecular flexibility index (Phi) is 5.74. The topological polar surface area (TPSA) is 42.0 Å². The summed E-state index contributed by atoms with van der Waals surface area (Å²) in [5, 5.41) is 3.76. The number of hydrogen-bond acceptors (Lipinski definition) is 2. The number of aromatic nitrogens is 1. The van der Waals surface area contributed by atoms with Crippen LogP contribution in [0.4, 0.5) is 0 Å². The number of hydrogen-bond donors (Lipinski definition) is 1. The molecule has 3 aromatic rings. The fourth-order valence-corrected chi connectivity index (χ4v) is 2.92. The molecule has 1 heterocycles. The van der Waals surface area contributed by atoms with E-state index in [1.54, 1.807) is 24.4 Å². The van der Waals surface area contributed by atoms with Crippen LogP contribution in [0, 0.1) is 0 Å². The van der Waals surface area contributed by atoms with E-state index in [1.165, 1.54) is 0 Å². The summed E-state index contributed by atoms with van der Waals surface area (Å²) in [5.74, 6) is -0.253. The van der Waals surface area contributed by atoms with Gasteiger partial charge in [0.15, 0.2) is 0 Å². The highest BCUT2D eigenvalue weighted by Crippen LogP contribution is 2.25. The van der Waals surface area contributed by atoms with Gasteiger partial charge in [-0.3, -0.25) is 9.78 Å². The highest BCUT2D eigenvalue weighted by Gasteiger charge is 2.19. The predicted molar refractivity (Wildman–Crippen MR) is 104 cm³/mol. The number of halogens is 3. The van der Waals surface area contributed by atoms with E-state index in [4.69, 9.17) is 23.2 Å². The monoisotopic (exact) mass is 434 g/mol. The Morgan fingerprint density at radius 1 is 1.00 bits per heavy atom. The minimum atomic E-state index is -0.378. The Balaban J connectivity index is 1.93. The summed E-state index contributed by atoms with van der Waals surface area (Å²) in [6.07, 6.45) is 1.70. The van der Waals surface area contributed by atoms with Crippen LogP contribution in [0.3, 0.4) is 0 Å². The molecule has 0 saturated heterocycles. The Hall–Kier alpha value is -1.88. The fourth-order valence-electron chi connectivity index (χ4n) is 2.38. The van der Waals surface area contributed by atoms with E-state index in [9.17, 15) is 4.79 Å². The lowest BCUT2D eigenvalue weighted by Gasteiger charge is -2.19. The third-order valence-corrected chi connectivity index (χ3v) is 4.84. The van der Waals surface area contributed by atoms with Crippen molar-refractivity contribution in [1.29, 1.82) is 0 Å². The van der Waals surface area contributed by atoms with Gasteiger partial charge in [0, 0.05) is 16.2 Å². The molecular weight excluding hydrogens is 423 g/mol. The molecule has 126 valence electrons. The Morgan fingerprint density at radius 2 is 1.76 bits per heavy atom. The molecule has 0 aliphatic carbocycles. The predicted octanol–water partition coefficient (Wildman–Crippen LogP) is 5.67. The number of pyridine rings is 1. The van der Waals surface area contributed by atoms with Gasteiger partial charge in [-0.25, -0.2) is 0 Å². The first-order chi connectivity index (χ1) is 12.0. The molecular formula is C19H13BrCl2N2O. The Labute approximate surface area is 164 Å². The maximum absolute atomic E-state index is 12.7. The summed E-state index contributed by atoms with van der Waals surface area (Å²) < 4.78 is 0.874. The Morgan fingerprint density at radius 3 is 2.40 bits per heavy atom. The number of carbonyl (C=O) groups is 1. The van der Waals surface area contributed by atoms with Crippen LogP contribution in [0.1, 0.15) is 27.7 Å². The first kappa shape index (κ1) is 17.9. The van der Waals surface area contributed by atoms with E-state index >= 15 is 0 Å². The van der Waals surface area contributed by atoms with E-state index in [0.29, 0.717) is 15.6 Å². The summed E-state index contributed by atoms with van der Waals surface area (Å²) in [4.78, 5) is 17.1. The standard InChI is InChI=1S/C19H13BrCl2N2O/c20-14-7-9-17(23-11-14)18(12-4-2-1-3-5-12)24-19(25)13-6-8-15(21)16(22)10-13/h1-11,18H,(H,24,25)/t18-/m0/s1. The summed E-state index contributed by atoms with van der Waals surface area (Å²) in [6, 6.07) is 17.9. The molecule has 1 N–H and O–H groups in total. The van der Waals surface area contributed by atoms with Gasteiger partial charge in [0.2, 0.25) is 0 Å². The van der Waals surface area contributed by atoms with Gasteiger partial charge in [0.25, 0.3) is 5.91 Å². The molecule has 0 spiro atoms. The van der Waals surface area contributed by atoms with E-state index in [-0.39, 0.29) is 11.9 Å². The van der Waals surface area contributed by atoms with Crippen LogP contribution >= 0.6 is 39.1 Å². The lowest BCUT2D eigenvalue weighted by molar-refractivity contribution is 0.0942. The molecule has 0 aliphatic heterocycles. The van der Waals surface area contributed by atoms with Crippen LogP contribution in [0.25, 0.3) is 0 Å². The molecule has 0 saturated carbocycles. The maximum Gasteiger partial charge on any atom is 0.252 e. The SMILES string of the molecule is O=C(N[C@@H](c1ccccc1)c1ccc(Br)cn1)c1ccc(Cl)c(Cl)c1. The van der Waals surface area contributed by atoms with Crippen LogP contribution in [0.15, 0.2) is 71.3 Å². The van der Waals surface area contributed by atoms with Gasteiger partial charge in [0.05, 0.1) is 21.8 Å². The van der Waals surface area contributed by atoms with Crippen molar-refractivity contribution in [3.63, 3.8) is 0 Å². The van der Waals surface area contributed by atoms with Crippen LogP contribution in [0.2, 0.25) is 10.0 Å². The molecule has 1 amide bonds. The van der Waals surface area contributed by atoms with Crippen molar-refractivity contribution in [1.82, 2.24) is 10.3 Å². The molecule has 0 unspecified atom stereocenters. The van der Waals surface area contributed by atoms with Gasteiger partial charge in [0.1, 0.15) is 0 Å². The van der Waals surface area contributed by atoms with Crippen molar-refractivity contribution in [2.24, 2.45) is 0 Å². The zero-order valence-corrected chi connectivity index (χ0v) is 16.0. The van der Waals surface area contributed by atoms with Crippen molar-refractivity contribution in [3.05, 3.63) is 98.2 Å². The van der Waals surface area contributed by atoms with Gasteiger partial charge < -0.3 is 5.32 Å².